The van der Waals surface area contributed by atoms with Gasteiger partial charge in [-0.05, 0) is 38.0 Å². The van der Waals surface area contributed by atoms with Crippen LogP contribution in [0.3, 0.4) is 0 Å². The quantitative estimate of drug-likeness (QED) is 0.746. The molecule has 1 aliphatic carbocycles. The number of nitrogens with one attached hydrogen (secondary N) is 1. The number of rotatable bonds is 4. The first kappa shape index (κ1) is 12.5. The number of nitrogens with two attached hydrogens (primary N) is 1. The van der Waals surface area contributed by atoms with Crippen LogP contribution >= 0.6 is 0 Å². The topological polar surface area (TPSA) is 55.1 Å². The molecular weight excluding hydrogens is 188 g/mol. The average Bonchev–Trinajstić information content (AvgIpc) is 2.80. The number of hydrogen-bond acceptors (Lipinski definition) is 2. The molecule has 0 radical (unpaired) electrons. The molecule has 0 aliphatic heterocycles. The molecule has 1 fully saturated rings. The molecule has 88 valence electrons. The van der Waals surface area contributed by atoms with Crippen LogP contribution in [0, 0.1) is 5.41 Å². The summed E-state index contributed by atoms with van der Waals surface area (Å²) in [6.45, 7) is 8.70. The van der Waals surface area contributed by atoms with Crippen molar-refractivity contribution in [3.8, 4) is 0 Å². The Morgan fingerprint density at radius 1 is 1.47 bits per heavy atom. The lowest BCUT2D eigenvalue weighted by molar-refractivity contribution is -0.123. The van der Waals surface area contributed by atoms with Crippen LogP contribution in [0.2, 0.25) is 0 Å². The molecule has 3 nitrogen and oxygen atoms in total. The second-order valence-corrected chi connectivity index (χ2v) is 6.13. The second kappa shape index (κ2) is 4.12. The molecule has 15 heavy (non-hydrogen) atoms. The van der Waals surface area contributed by atoms with Crippen molar-refractivity contribution in [2.45, 2.75) is 65.0 Å². The van der Waals surface area contributed by atoms with E-state index >= 15 is 0 Å². The number of amides is 1. The van der Waals surface area contributed by atoms with Crippen LogP contribution in [0.4, 0.5) is 0 Å². The van der Waals surface area contributed by atoms with Gasteiger partial charge >= 0.3 is 0 Å². The zero-order valence-corrected chi connectivity index (χ0v) is 10.4. The van der Waals surface area contributed by atoms with E-state index in [0.29, 0.717) is 5.41 Å². The third-order valence-electron chi connectivity index (χ3n) is 2.95. The Balaban J connectivity index is 2.24. The zero-order chi connectivity index (χ0) is 11.7. The Bertz CT molecular complexity index is 238. The Morgan fingerprint density at radius 2 is 2.00 bits per heavy atom. The van der Waals surface area contributed by atoms with Crippen LogP contribution in [0.15, 0.2) is 0 Å². The van der Waals surface area contributed by atoms with Gasteiger partial charge in [0.05, 0.1) is 5.54 Å². The summed E-state index contributed by atoms with van der Waals surface area (Å²) in [4.78, 5) is 11.6. The lowest BCUT2D eigenvalue weighted by atomic mass is 9.89. The summed E-state index contributed by atoms with van der Waals surface area (Å²) < 4.78 is 0. The van der Waals surface area contributed by atoms with Crippen molar-refractivity contribution in [3.63, 3.8) is 0 Å². The maximum atomic E-state index is 11.6. The lowest BCUT2D eigenvalue weighted by Crippen LogP contribution is -2.46. The van der Waals surface area contributed by atoms with E-state index in [2.05, 4.69) is 33.0 Å². The molecule has 0 aromatic carbocycles. The SMILES string of the molecule is CC(CCC(C)(C)C)NC(=O)C1(N)CC1. The standard InChI is InChI=1S/C12H24N2O/c1-9(5-6-11(2,3)4)14-10(15)12(13)7-8-12/h9H,5-8,13H2,1-4H3,(H,14,15). The minimum atomic E-state index is -0.532. The number of hydrogen-bond donors (Lipinski definition) is 2. The Hall–Kier alpha value is -0.570. The molecule has 1 aliphatic rings. The molecule has 1 unspecified atom stereocenters. The van der Waals surface area contributed by atoms with Gasteiger partial charge in [0.15, 0.2) is 0 Å². The Labute approximate surface area is 92.8 Å². The van der Waals surface area contributed by atoms with Gasteiger partial charge in [-0.25, -0.2) is 0 Å². The molecule has 1 amide bonds. The van der Waals surface area contributed by atoms with Crippen molar-refractivity contribution in [2.75, 3.05) is 0 Å². The van der Waals surface area contributed by atoms with Crippen molar-refractivity contribution in [1.82, 2.24) is 5.32 Å². The average molecular weight is 212 g/mol. The van der Waals surface area contributed by atoms with E-state index in [9.17, 15) is 4.79 Å². The van der Waals surface area contributed by atoms with Crippen LogP contribution in [0.5, 0.6) is 0 Å². The summed E-state index contributed by atoms with van der Waals surface area (Å²) in [7, 11) is 0. The van der Waals surface area contributed by atoms with Crippen molar-refractivity contribution >= 4 is 5.91 Å². The fraction of sp³-hybridized carbons (Fsp3) is 0.917. The number of carbonyl (C=O) groups excluding carboxylic acids is 1. The molecule has 3 N–H and O–H groups in total. The van der Waals surface area contributed by atoms with Crippen molar-refractivity contribution < 1.29 is 4.79 Å². The van der Waals surface area contributed by atoms with Crippen LogP contribution in [0.1, 0.15) is 53.4 Å². The molecule has 1 rings (SSSR count). The normalized spacial score (nSPS) is 20.9. The van der Waals surface area contributed by atoms with Crippen LogP contribution in [-0.4, -0.2) is 17.5 Å². The third kappa shape index (κ3) is 4.20. The zero-order valence-electron chi connectivity index (χ0n) is 10.4. The molecule has 0 aromatic heterocycles. The molecule has 0 heterocycles. The fourth-order valence-electron chi connectivity index (χ4n) is 1.45. The van der Waals surface area contributed by atoms with Crippen molar-refractivity contribution in [3.05, 3.63) is 0 Å². The van der Waals surface area contributed by atoms with E-state index in [-0.39, 0.29) is 11.9 Å². The molecule has 1 atom stereocenters. The first-order valence-corrected chi connectivity index (χ1v) is 5.83. The van der Waals surface area contributed by atoms with Gasteiger partial charge in [-0.1, -0.05) is 20.8 Å². The maximum Gasteiger partial charge on any atom is 0.240 e. The molecule has 0 spiro atoms. The van der Waals surface area contributed by atoms with Gasteiger partial charge in [-0.3, -0.25) is 4.79 Å². The highest BCUT2D eigenvalue weighted by molar-refractivity contribution is 5.89. The minimum absolute atomic E-state index is 0.0314. The second-order valence-electron chi connectivity index (χ2n) is 6.13. The Kier molecular flexibility index (Phi) is 3.44. The van der Waals surface area contributed by atoms with Crippen LogP contribution < -0.4 is 11.1 Å². The van der Waals surface area contributed by atoms with E-state index in [4.69, 9.17) is 5.73 Å². The van der Waals surface area contributed by atoms with Gasteiger partial charge in [0, 0.05) is 6.04 Å². The predicted octanol–water partition coefficient (Wildman–Crippen LogP) is 1.81. The molecule has 0 bridgehead atoms. The van der Waals surface area contributed by atoms with E-state index < -0.39 is 5.54 Å². The molecular formula is C12H24N2O. The highest BCUT2D eigenvalue weighted by Crippen LogP contribution is 2.32. The maximum absolute atomic E-state index is 11.6. The van der Waals surface area contributed by atoms with Crippen LogP contribution in [-0.2, 0) is 4.79 Å². The van der Waals surface area contributed by atoms with Crippen molar-refractivity contribution in [2.24, 2.45) is 11.1 Å². The van der Waals surface area contributed by atoms with Gasteiger partial charge in [-0.2, -0.15) is 0 Å². The molecule has 0 aromatic rings. The first-order chi connectivity index (χ1) is 6.73. The van der Waals surface area contributed by atoms with Gasteiger partial charge in [0.2, 0.25) is 5.91 Å². The molecule has 3 heteroatoms. The smallest absolute Gasteiger partial charge is 0.240 e. The lowest BCUT2D eigenvalue weighted by Gasteiger charge is -2.22. The van der Waals surface area contributed by atoms with Gasteiger partial charge in [0.25, 0.3) is 0 Å². The van der Waals surface area contributed by atoms with E-state index in [1.54, 1.807) is 0 Å². The monoisotopic (exact) mass is 212 g/mol. The van der Waals surface area contributed by atoms with E-state index in [0.717, 1.165) is 25.7 Å². The molecule has 0 saturated heterocycles. The predicted molar refractivity (Wildman–Crippen MR) is 62.4 cm³/mol. The van der Waals surface area contributed by atoms with Gasteiger partial charge < -0.3 is 11.1 Å². The summed E-state index contributed by atoms with van der Waals surface area (Å²) in [5, 5.41) is 2.99. The summed E-state index contributed by atoms with van der Waals surface area (Å²) >= 11 is 0. The summed E-state index contributed by atoms with van der Waals surface area (Å²) in [5.41, 5.74) is 5.61. The van der Waals surface area contributed by atoms with Gasteiger partial charge in [0.1, 0.15) is 0 Å². The first-order valence-electron chi connectivity index (χ1n) is 5.83. The Morgan fingerprint density at radius 3 is 2.40 bits per heavy atom. The molecule has 1 saturated carbocycles. The summed E-state index contributed by atoms with van der Waals surface area (Å²) in [5.74, 6) is 0.0314. The van der Waals surface area contributed by atoms with Gasteiger partial charge in [-0.15, -0.1) is 0 Å². The summed E-state index contributed by atoms with van der Waals surface area (Å²) in [6.07, 6.45) is 3.81. The van der Waals surface area contributed by atoms with Crippen molar-refractivity contribution in [1.29, 1.82) is 0 Å². The highest BCUT2D eigenvalue weighted by atomic mass is 16.2. The minimum Gasteiger partial charge on any atom is -0.352 e. The van der Waals surface area contributed by atoms with Crippen LogP contribution in [0.25, 0.3) is 0 Å². The van der Waals surface area contributed by atoms with E-state index in [1.807, 2.05) is 0 Å². The third-order valence-corrected chi connectivity index (χ3v) is 2.95. The summed E-state index contributed by atoms with van der Waals surface area (Å²) in [6, 6.07) is 0.234. The largest absolute Gasteiger partial charge is 0.352 e. The van der Waals surface area contributed by atoms with E-state index in [1.165, 1.54) is 0 Å². The highest BCUT2D eigenvalue weighted by Gasteiger charge is 2.46. The number of carbonyl (C=O) groups is 1. The fourth-order valence-corrected chi connectivity index (χ4v) is 1.45.